The second-order valence-electron chi connectivity index (χ2n) is 8.44. The second kappa shape index (κ2) is 11.8. The highest BCUT2D eigenvalue weighted by Crippen LogP contribution is 2.49. The average Bonchev–Trinajstić information content (AvgIpc) is 2.97. The molecule has 0 saturated carbocycles. The van der Waals surface area contributed by atoms with Crippen LogP contribution in [-0.2, 0) is 11.3 Å². The van der Waals surface area contributed by atoms with Crippen LogP contribution in [0.5, 0.6) is 0 Å². The molecule has 0 aliphatic heterocycles. The van der Waals surface area contributed by atoms with E-state index in [-0.39, 0.29) is 0 Å². The van der Waals surface area contributed by atoms with E-state index < -0.39 is 7.05 Å². The van der Waals surface area contributed by atoms with Crippen LogP contribution in [0.4, 0.5) is 11.4 Å². The van der Waals surface area contributed by atoms with Crippen molar-refractivity contribution in [1.82, 2.24) is 0 Å². The standard InChI is InChI=1S/C32H27N2OPS/c37-32(33-27-16-5-1-6-17-27)35-25-26-15-13-14-24-31(26)34-36(28-18-7-2-8-19-28,29-20-9-3-10-21-29)30-22-11-4-12-23-30/h1-24H,25H2,(H,33,37). The lowest BCUT2D eigenvalue weighted by Gasteiger charge is -2.27. The monoisotopic (exact) mass is 518 g/mol. The maximum absolute atomic E-state index is 5.98. The summed E-state index contributed by atoms with van der Waals surface area (Å²) >= 11 is 5.46. The summed E-state index contributed by atoms with van der Waals surface area (Å²) in [6.45, 7) is 0.316. The van der Waals surface area contributed by atoms with Crippen LogP contribution in [0.15, 0.2) is 150 Å². The molecule has 3 nitrogen and oxygen atoms in total. The number of benzene rings is 5. The molecule has 5 aromatic carbocycles. The molecule has 37 heavy (non-hydrogen) atoms. The quantitative estimate of drug-likeness (QED) is 0.180. The Labute approximate surface area is 223 Å². The zero-order valence-corrected chi connectivity index (χ0v) is 22.0. The molecule has 0 atom stereocenters. The number of anilines is 1. The van der Waals surface area contributed by atoms with Crippen molar-refractivity contribution in [1.29, 1.82) is 0 Å². The average molecular weight is 519 g/mol. The van der Waals surface area contributed by atoms with Crippen LogP contribution in [-0.4, -0.2) is 5.17 Å². The summed E-state index contributed by atoms with van der Waals surface area (Å²) in [4.78, 5) is 0. The Hall–Kier alpha value is -3.98. The first-order valence-electron chi connectivity index (χ1n) is 12.1. The van der Waals surface area contributed by atoms with Crippen LogP contribution >= 0.6 is 19.3 Å². The highest BCUT2D eigenvalue weighted by atomic mass is 32.1. The number of hydrogen-bond donors (Lipinski definition) is 1. The van der Waals surface area contributed by atoms with E-state index in [9.17, 15) is 0 Å². The molecule has 0 spiro atoms. The highest BCUT2D eigenvalue weighted by molar-refractivity contribution is 7.87. The third-order valence-corrected chi connectivity index (χ3v) is 9.89. The van der Waals surface area contributed by atoms with Gasteiger partial charge in [0.15, 0.2) is 0 Å². The largest absolute Gasteiger partial charge is 0.466 e. The molecule has 5 heteroatoms. The maximum atomic E-state index is 5.98. The lowest BCUT2D eigenvalue weighted by Crippen LogP contribution is -2.25. The van der Waals surface area contributed by atoms with Gasteiger partial charge in [-0.15, -0.1) is 0 Å². The molecule has 0 aliphatic carbocycles. The van der Waals surface area contributed by atoms with Gasteiger partial charge in [0.05, 0.1) is 12.7 Å². The zero-order valence-electron chi connectivity index (χ0n) is 20.3. The van der Waals surface area contributed by atoms with Crippen LogP contribution < -0.4 is 21.2 Å². The summed E-state index contributed by atoms with van der Waals surface area (Å²) in [5, 5.41) is 7.07. The SMILES string of the molecule is S=C(Nc1ccccc1)OCc1ccccc1N=P(c1ccccc1)(c1ccccc1)c1ccccc1. The fourth-order valence-corrected chi connectivity index (χ4v) is 8.01. The van der Waals surface area contributed by atoms with Gasteiger partial charge >= 0.3 is 0 Å². The number of thiocarbonyl (C=S) groups is 1. The molecule has 0 aromatic heterocycles. The van der Waals surface area contributed by atoms with Crippen molar-refractivity contribution in [2.24, 2.45) is 4.74 Å². The van der Waals surface area contributed by atoms with Gasteiger partial charge in [-0.25, -0.2) is 0 Å². The van der Waals surface area contributed by atoms with Crippen LogP contribution in [0.1, 0.15) is 5.56 Å². The fourth-order valence-electron chi connectivity index (χ4n) is 4.26. The minimum atomic E-state index is -2.38. The smallest absolute Gasteiger partial charge is 0.261 e. The number of para-hydroxylation sites is 1. The first kappa shape index (κ1) is 24.7. The molecule has 5 rings (SSSR count). The molecule has 1 N–H and O–H groups in total. The van der Waals surface area contributed by atoms with Crippen molar-refractivity contribution in [2.75, 3.05) is 5.32 Å². The van der Waals surface area contributed by atoms with Gasteiger partial charge < -0.3 is 10.1 Å². The number of nitrogens with one attached hydrogen (secondary N) is 1. The predicted octanol–water partition coefficient (Wildman–Crippen LogP) is 7.41. The van der Waals surface area contributed by atoms with Crippen LogP contribution in [0, 0.1) is 0 Å². The number of hydrogen-bond acceptors (Lipinski definition) is 3. The Morgan fingerprint density at radius 2 is 1.03 bits per heavy atom. The summed E-state index contributed by atoms with van der Waals surface area (Å²) in [7, 11) is -2.38. The van der Waals surface area contributed by atoms with Crippen LogP contribution in [0.2, 0.25) is 0 Å². The molecule has 0 saturated heterocycles. The summed E-state index contributed by atoms with van der Waals surface area (Å²) in [5.74, 6) is 0. The molecular weight excluding hydrogens is 491 g/mol. The first-order chi connectivity index (χ1) is 18.3. The van der Waals surface area contributed by atoms with Gasteiger partial charge in [0.2, 0.25) is 0 Å². The van der Waals surface area contributed by atoms with Crippen molar-refractivity contribution in [2.45, 2.75) is 6.61 Å². The molecule has 182 valence electrons. The van der Waals surface area contributed by atoms with E-state index in [4.69, 9.17) is 21.7 Å². The summed E-state index contributed by atoms with van der Waals surface area (Å²) in [6, 6.07) is 49.8. The van der Waals surface area contributed by atoms with Crippen molar-refractivity contribution >= 4 is 51.7 Å². The van der Waals surface area contributed by atoms with Gasteiger partial charge in [0, 0.05) is 27.2 Å². The molecule has 0 heterocycles. The van der Waals surface area contributed by atoms with E-state index in [1.165, 1.54) is 15.9 Å². The van der Waals surface area contributed by atoms with Crippen molar-refractivity contribution in [3.8, 4) is 0 Å². The summed E-state index contributed by atoms with van der Waals surface area (Å²) in [5.41, 5.74) is 2.77. The number of nitrogens with zero attached hydrogens (tertiary/aromatic N) is 1. The third-order valence-electron chi connectivity index (χ3n) is 6.02. The molecule has 0 amide bonds. The molecule has 0 fully saturated rings. The zero-order chi connectivity index (χ0) is 25.3. The van der Waals surface area contributed by atoms with Gasteiger partial charge in [-0.2, -0.15) is 0 Å². The van der Waals surface area contributed by atoms with Gasteiger partial charge in [0.25, 0.3) is 5.17 Å². The van der Waals surface area contributed by atoms with E-state index in [0.29, 0.717) is 11.8 Å². The van der Waals surface area contributed by atoms with Gasteiger partial charge in [0.1, 0.15) is 6.61 Å². The number of ether oxygens (including phenoxy) is 1. The van der Waals surface area contributed by atoms with Crippen LogP contribution in [0.3, 0.4) is 0 Å². The van der Waals surface area contributed by atoms with Gasteiger partial charge in [-0.05, 0) is 30.4 Å². The van der Waals surface area contributed by atoms with E-state index in [0.717, 1.165) is 16.9 Å². The van der Waals surface area contributed by atoms with E-state index >= 15 is 0 Å². The summed E-state index contributed by atoms with van der Waals surface area (Å²) < 4.78 is 11.6. The third kappa shape index (κ3) is 5.72. The van der Waals surface area contributed by atoms with Crippen molar-refractivity contribution in [3.05, 3.63) is 151 Å². The topological polar surface area (TPSA) is 33.6 Å². The van der Waals surface area contributed by atoms with Crippen molar-refractivity contribution in [3.63, 3.8) is 0 Å². The van der Waals surface area contributed by atoms with Gasteiger partial charge in [-0.3, -0.25) is 4.74 Å². The van der Waals surface area contributed by atoms with E-state index in [1.54, 1.807) is 0 Å². The number of rotatable bonds is 7. The Morgan fingerprint density at radius 1 is 0.595 bits per heavy atom. The van der Waals surface area contributed by atoms with Crippen LogP contribution in [0.25, 0.3) is 0 Å². The maximum Gasteiger partial charge on any atom is 0.261 e. The fraction of sp³-hybridized carbons (Fsp3) is 0.0312. The molecule has 0 radical (unpaired) electrons. The molecule has 5 aromatic rings. The lowest BCUT2D eigenvalue weighted by molar-refractivity contribution is 0.300. The van der Waals surface area contributed by atoms with E-state index in [2.05, 4.69) is 108 Å². The Bertz CT molecular complexity index is 1400. The second-order valence-corrected chi connectivity index (χ2v) is 11.8. The Morgan fingerprint density at radius 3 is 1.54 bits per heavy atom. The predicted molar refractivity (Wildman–Crippen MR) is 161 cm³/mol. The summed E-state index contributed by atoms with van der Waals surface area (Å²) in [6.07, 6.45) is 0. The van der Waals surface area contributed by atoms with Crippen molar-refractivity contribution < 1.29 is 4.74 Å². The Kier molecular flexibility index (Phi) is 7.90. The molecule has 0 unspecified atom stereocenters. The Balaban J connectivity index is 1.61. The molecule has 0 aliphatic rings. The lowest BCUT2D eigenvalue weighted by atomic mass is 10.2. The minimum absolute atomic E-state index is 0.316. The normalized spacial score (nSPS) is 10.9. The molecule has 0 bridgehead atoms. The highest BCUT2D eigenvalue weighted by Gasteiger charge is 2.27. The van der Waals surface area contributed by atoms with E-state index in [1.807, 2.05) is 42.5 Å². The van der Waals surface area contributed by atoms with Gasteiger partial charge in [-0.1, -0.05) is 127 Å². The first-order valence-corrected chi connectivity index (χ1v) is 14.3. The molecular formula is C32H27N2OPS. The minimum Gasteiger partial charge on any atom is -0.466 e.